The number of carboxylic acid groups (broad SMARTS) is 1. The van der Waals surface area contributed by atoms with Crippen molar-refractivity contribution in [2.45, 2.75) is 90.0 Å². The molecule has 212 valence electrons. The quantitative estimate of drug-likeness (QED) is 0.251. The minimum Gasteiger partial charge on any atom is -0.481 e. The van der Waals surface area contributed by atoms with E-state index in [1.54, 1.807) is 0 Å². The lowest BCUT2D eigenvalue weighted by Gasteiger charge is -2.33. The van der Waals surface area contributed by atoms with Gasteiger partial charge < -0.3 is 10.2 Å². The summed E-state index contributed by atoms with van der Waals surface area (Å²) in [5.41, 5.74) is -0.213. The zero-order valence-electron chi connectivity index (χ0n) is 22.8. The van der Waals surface area contributed by atoms with E-state index in [1.807, 2.05) is 6.92 Å². The molecule has 2 aliphatic carbocycles. The number of rotatable bonds is 9. The third-order valence-electron chi connectivity index (χ3n) is 7.85. The molecule has 0 bridgehead atoms. The van der Waals surface area contributed by atoms with Gasteiger partial charge in [-0.05, 0) is 87.0 Å². The van der Waals surface area contributed by atoms with Crippen molar-refractivity contribution < 1.29 is 28.2 Å². The first-order chi connectivity index (χ1) is 18.5. The molecular weight excluding hydrogens is 507 g/mol. The third-order valence-corrected chi connectivity index (χ3v) is 7.85. The number of nitrogens with zero attached hydrogens (tertiary/aromatic N) is 3. The number of allylic oxidation sites excluding steroid dienone is 8. The van der Waals surface area contributed by atoms with Crippen LogP contribution in [0, 0.1) is 5.92 Å². The maximum atomic E-state index is 14.5. The fraction of sp³-hybridized carbons (Fsp3) is 0.500. The first kappa shape index (κ1) is 30.3. The molecule has 0 aliphatic heterocycles. The Labute approximate surface area is 228 Å². The molecule has 1 saturated carbocycles. The van der Waals surface area contributed by atoms with E-state index < -0.39 is 29.5 Å². The van der Waals surface area contributed by atoms with Crippen molar-refractivity contribution in [3.63, 3.8) is 0 Å². The minimum atomic E-state index is -5.03. The average molecular weight is 546 g/mol. The molecule has 1 fully saturated rings. The van der Waals surface area contributed by atoms with Crippen LogP contribution >= 0.6 is 0 Å². The van der Waals surface area contributed by atoms with Crippen LogP contribution in [0.3, 0.4) is 0 Å². The fourth-order valence-corrected chi connectivity index (χ4v) is 5.85. The molecule has 0 aromatic carbocycles. The Bertz CT molecular complexity index is 1220. The molecule has 9 heteroatoms. The van der Waals surface area contributed by atoms with Crippen molar-refractivity contribution in [1.29, 1.82) is 0 Å². The Kier molecular flexibility index (Phi) is 9.93. The molecule has 3 atom stereocenters. The predicted molar refractivity (Wildman–Crippen MR) is 145 cm³/mol. The van der Waals surface area contributed by atoms with Gasteiger partial charge in [-0.1, -0.05) is 60.7 Å². The molecule has 6 nitrogen and oxygen atoms in total. The van der Waals surface area contributed by atoms with Crippen LogP contribution in [0.2, 0.25) is 0 Å². The number of hydrogen-bond acceptors (Lipinski definition) is 4. The summed E-state index contributed by atoms with van der Waals surface area (Å²) in [5, 5.41) is 28.8. The van der Waals surface area contributed by atoms with Crippen LogP contribution in [0.1, 0.15) is 83.9 Å². The van der Waals surface area contributed by atoms with Gasteiger partial charge in [0.2, 0.25) is 5.60 Å². The average Bonchev–Trinajstić information content (AvgIpc) is 3.28. The van der Waals surface area contributed by atoms with Gasteiger partial charge in [0.1, 0.15) is 5.69 Å². The summed E-state index contributed by atoms with van der Waals surface area (Å²) in [5.74, 6) is -0.817. The second kappa shape index (κ2) is 12.8. The molecule has 0 spiro atoms. The first-order valence-corrected chi connectivity index (χ1v) is 13.5. The van der Waals surface area contributed by atoms with Crippen LogP contribution in [0.25, 0.3) is 0 Å². The smallest absolute Gasteiger partial charge is 0.427 e. The minimum absolute atomic E-state index is 0.0927. The van der Waals surface area contributed by atoms with E-state index >= 15 is 0 Å². The van der Waals surface area contributed by atoms with E-state index in [0.29, 0.717) is 25.7 Å². The van der Waals surface area contributed by atoms with Crippen molar-refractivity contribution in [2.75, 3.05) is 0 Å². The van der Waals surface area contributed by atoms with Crippen LogP contribution in [0.4, 0.5) is 13.2 Å². The molecule has 0 amide bonds. The Morgan fingerprint density at radius 2 is 1.95 bits per heavy atom. The van der Waals surface area contributed by atoms with Crippen LogP contribution in [0.15, 0.2) is 77.1 Å². The van der Waals surface area contributed by atoms with Crippen LogP contribution in [0.5, 0.6) is 0 Å². The molecule has 0 radical (unpaired) electrons. The predicted octanol–water partition coefficient (Wildman–Crippen LogP) is 7.30. The van der Waals surface area contributed by atoms with E-state index in [2.05, 4.69) is 36.0 Å². The SMILES string of the molecule is C=CC=CC(=CC)C(O)(c1cnnn1C1CCC(=C(CC(=O)O)C2=CCCC=C2C)C(CC)CC1)C(F)(F)F. The van der Waals surface area contributed by atoms with Gasteiger partial charge >= 0.3 is 12.1 Å². The number of aromatic nitrogens is 3. The van der Waals surface area contributed by atoms with E-state index in [4.69, 9.17) is 0 Å². The van der Waals surface area contributed by atoms with E-state index in [1.165, 1.54) is 35.9 Å². The summed E-state index contributed by atoms with van der Waals surface area (Å²) in [7, 11) is 0. The van der Waals surface area contributed by atoms with Gasteiger partial charge in [0, 0.05) is 0 Å². The number of aliphatic carboxylic acids is 1. The lowest BCUT2D eigenvalue weighted by Crippen LogP contribution is -2.45. The molecule has 1 heterocycles. The number of halogens is 3. The standard InChI is InChI=1S/C30H38F3N3O3/c1-5-8-12-22(7-3)29(39,30(31,32)33)27-19-34-35-36(27)23-15-14-21(6-2)25(17-16-23)26(18-28(37)38)24-13-10-9-11-20(24)4/h5,7-8,11-13,19,21,23,39H,1,6,9-10,14-18H2,2-4H3,(H,37,38). The Morgan fingerprint density at radius 3 is 2.54 bits per heavy atom. The number of aliphatic hydroxyl groups is 1. The normalized spacial score (nSPS) is 24.0. The highest BCUT2D eigenvalue weighted by molar-refractivity contribution is 5.73. The largest absolute Gasteiger partial charge is 0.481 e. The van der Waals surface area contributed by atoms with Gasteiger partial charge in [0.15, 0.2) is 0 Å². The summed E-state index contributed by atoms with van der Waals surface area (Å²) in [4.78, 5) is 11.9. The van der Waals surface area contributed by atoms with E-state index in [-0.39, 0.29) is 17.9 Å². The molecule has 0 saturated heterocycles. The van der Waals surface area contributed by atoms with Gasteiger partial charge in [-0.15, -0.1) is 5.10 Å². The highest BCUT2D eigenvalue weighted by Crippen LogP contribution is 2.47. The first-order valence-electron chi connectivity index (χ1n) is 13.5. The topological polar surface area (TPSA) is 88.2 Å². The van der Waals surface area contributed by atoms with Gasteiger partial charge in [-0.25, -0.2) is 4.68 Å². The lowest BCUT2D eigenvalue weighted by molar-refractivity contribution is -0.251. The van der Waals surface area contributed by atoms with Gasteiger partial charge in [-0.2, -0.15) is 13.2 Å². The number of carboxylic acids is 1. The molecule has 2 N–H and O–H groups in total. The molecule has 3 rings (SSSR count). The molecular formula is C30H38F3N3O3. The van der Waals surface area contributed by atoms with Gasteiger partial charge in [-0.3, -0.25) is 4.79 Å². The second-order valence-electron chi connectivity index (χ2n) is 10.1. The maximum Gasteiger partial charge on any atom is 0.427 e. The molecule has 1 aromatic rings. The Morgan fingerprint density at radius 1 is 1.23 bits per heavy atom. The molecule has 2 aliphatic rings. The van der Waals surface area contributed by atoms with Crippen molar-refractivity contribution in [2.24, 2.45) is 5.92 Å². The monoisotopic (exact) mass is 545 g/mol. The number of carbonyl (C=O) groups is 1. The summed E-state index contributed by atoms with van der Waals surface area (Å²) < 4.78 is 44.8. The van der Waals surface area contributed by atoms with Crippen molar-refractivity contribution in [3.8, 4) is 0 Å². The highest BCUT2D eigenvalue weighted by atomic mass is 19.4. The van der Waals surface area contributed by atoms with Crippen LogP contribution in [-0.2, 0) is 10.4 Å². The van der Waals surface area contributed by atoms with Crippen molar-refractivity contribution in [1.82, 2.24) is 15.0 Å². The fourth-order valence-electron chi connectivity index (χ4n) is 5.85. The maximum absolute atomic E-state index is 14.5. The summed E-state index contributed by atoms with van der Waals surface area (Å²) >= 11 is 0. The third kappa shape index (κ3) is 6.35. The van der Waals surface area contributed by atoms with Gasteiger partial charge in [0.25, 0.3) is 0 Å². The van der Waals surface area contributed by atoms with E-state index in [0.717, 1.165) is 47.8 Å². The van der Waals surface area contributed by atoms with Crippen molar-refractivity contribution in [3.05, 3.63) is 82.8 Å². The Balaban J connectivity index is 2.08. The molecule has 3 unspecified atom stereocenters. The summed E-state index contributed by atoms with van der Waals surface area (Å²) in [6, 6.07) is -0.451. The van der Waals surface area contributed by atoms with Gasteiger partial charge in [0.05, 0.1) is 18.7 Å². The Hall–Kier alpha value is -3.20. The van der Waals surface area contributed by atoms with E-state index in [9.17, 15) is 28.2 Å². The number of hydrogen-bond donors (Lipinski definition) is 2. The summed E-state index contributed by atoms with van der Waals surface area (Å²) in [6.45, 7) is 8.99. The zero-order chi connectivity index (χ0) is 28.8. The zero-order valence-corrected chi connectivity index (χ0v) is 22.8. The van der Waals surface area contributed by atoms with Crippen LogP contribution < -0.4 is 0 Å². The lowest BCUT2D eigenvalue weighted by atomic mass is 9.81. The highest BCUT2D eigenvalue weighted by Gasteiger charge is 2.59. The second-order valence-corrected chi connectivity index (χ2v) is 10.1. The van der Waals surface area contributed by atoms with Crippen LogP contribution in [-0.4, -0.2) is 37.4 Å². The molecule has 39 heavy (non-hydrogen) atoms. The van der Waals surface area contributed by atoms with Crippen molar-refractivity contribution >= 4 is 5.97 Å². The summed E-state index contributed by atoms with van der Waals surface area (Å²) in [6.07, 6.45) is 9.85. The molecule has 1 aromatic heterocycles. The number of alkyl halides is 3.